The molecular formula is C14H14FN5O. The highest BCUT2D eigenvalue weighted by molar-refractivity contribution is 5.94. The van der Waals surface area contributed by atoms with Crippen LogP contribution in [0.3, 0.4) is 0 Å². The van der Waals surface area contributed by atoms with Gasteiger partial charge in [-0.05, 0) is 25.1 Å². The van der Waals surface area contributed by atoms with Gasteiger partial charge >= 0.3 is 0 Å². The Balaban J connectivity index is 2.11. The van der Waals surface area contributed by atoms with Gasteiger partial charge in [-0.1, -0.05) is 11.8 Å². The van der Waals surface area contributed by atoms with E-state index >= 15 is 0 Å². The molecule has 0 bridgehead atoms. The fourth-order valence-corrected chi connectivity index (χ4v) is 1.68. The predicted octanol–water partition coefficient (Wildman–Crippen LogP) is 0.745. The summed E-state index contributed by atoms with van der Waals surface area (Å²) in [6.45, 7) is 1.90. The maximum Gasteiger partial charge on any atom is 0.251 e. The second-order valence-corrected chi connectivity index (χ2v) is 4.27. The normalized spacial score (nSPS) is 11.4. The SMILES string of the molecule is CC(NC(=O)c1ccc(C#CCN)c(F)c1)c1ncn[nH]1. The minimum Gasteiger partial charge on any atom is -0.342 e. The molecule has 1 aromatic carbocycles. The van der Waals surface area contributed by atoms with Crippen molar-refractivity contribution in [3.63, 3.8) is 0 Å². The van der Waals surface area contributed by atoms with Gasteiger partial charge < -0.3 is 11.1 Å². The first-order valence-electron chi connectivity index (χ1n) is 6.26. The van der Waals surface area contributed by atoms with Crippen LogP contribution >= 0.6 is 0 Å². The number of carbonyl (C=O) groups excluding carboxylic acids is 1. The van der Waals surface area contributed by atoms with E-state index in [0.29, 0.717) is 5.82 Å². The Morgan fingerprint density at radius 2 is 2.38 bits per heavy atom. The Morgan fingerprint density at radius 3 is 3.00 bits per heavy atom. The van der Waals surface area contributed by atoms with Crippen molar-refractivity contribution in [2.24, 2.45) is 5.73 Å². The summed E-state index contributed by atoms with van der Waals surface area (Å²) >= 11 is 0. The third kappa shape index (κ3) is 3.64. The summed E-state index contributed by atoms with van der Waals surface area (Å²) < 4.78 is 13.8. The Hall–Kier alpha value is -2.72. The molecule has 6 nitrogen and oxygen atoms in total. The molecule has 1 atom stereocenters. The van der Waals surface area contributed by atoms with Crippen LogP contribution in [0.4, 0.5) is 4.39 Å². The van der Waals surface area contributed by atoms with Crippen molar-refractivity contribution in [2.45, 2.75) is 13.0 Å². The Bertz CT molecular complexity index is 687. The molecule has 0 radical (unpaired) electrons. The number of nitrogens with zero attached hydrogens (tertiary/aromatic N) is 2. The highest BCUT2D eigenvalue weighted by Gasteiger charge is 2.14. The van der Waals surface area contributed by atoms with E-state index in [4.69, 9.17) is 5.73 Å². The second kappa shape index (κ2) is 6.63. The second-order valence-electron chi connectivity index (χ2n) is 4.27. The summed E-state index contributed by atoms with van der Waals surface area (Å²) in [5, 5.41) is 9.06. The number of H-pyrrole nitrogens is 1. The summed E-state index contributed by atoms with van der Waals surface area (Å²) in [5.74, 6) is 4.72. The quantitative estimate of drug-likeness (QED) is 0.726. The van der Waals surface area contributed by atoms with Crippen LogP contribution in [0.25, 0.3) is 0 Å². The van der Waals surface area contributed by atoms with E-state index in [1.807, 2.05) is 0 Å². The van der Waals surface area contributed by atoms with Crippen LogP contribution in [0.15, 0.2) is 24.5 Å². The number of rotatable bonds is 3. The number of aromatic amines is 1. The van der Waals surface area contributed by atoms with E-state index in [9.17, 15) is 9.18 Å². The van der Waals surface area contributed by atoms with Gasteiger partial charge in [-0.15, -0.1) is 0 Å². The summed E-state index contributed by atoms with van der Waals surface area (Å²) in [4.78, 5) is 16.0. The number of hydrogen-bond acceptors (Lipinski definition) is 4. The lowest BCUT2D eigenvalue weighted by molar-refractivity contribution is 0.0938. The highest BCUT2D eigenvalue weighted by atomic mass is 19.1. The molecule has 2 aromatic rings. The van der Waals surface area contributed by atoms with Crippen molar-refractivity contribution in [3.05, 3.63) is 47.3 Å². The first-order valence-corrected chi connectivity index (χ1v) is 6.26. The Kier molecular flexibility index (Phi) is 4.64. The number of aromatic nitrogens is 3. The number of nitrogens with one attached hydrogen (secondary N) is 2. The first-order chi connectivity index (χ1) is 10.1. The van der Waals surface area contributed by atoms with Crippen LogP contribution in [0.5, 0.6) is 0 Å². The smallest absolute Gasteiger partial charge is 0.251 e. The zero-order valence-electron chi connectivity index (χ0n) is 11.4. The average Bonchev–Trinajstić information content (AvgIpc) is 3.00. The van der Waals surface area contributed by atoms with Crippen molar-refractivity contribution in [1.29, 1.82) is 0 Å². The van der Waals surface area contributed by atoms with E-state index in [-0.39, 0.29) is 23.7 Å². The fourth-order valence-electron chi connectivity index (χ4n) is 1.68. The van der Waals surface area contributed by atoms with Crippen molar-refractivity contribution >= 4 is 5.91 Å². The Labute approximate surface area is 121 Å². The maximum absolute atomic E-state index is 13.8. The molecule has 0 spiro atoms. The molecule has 1 aromatic heterocycles. The van der Waals surface area contributed by atoms with E-state index in [0.717, 1.165) is 6.07 Å². The van der Waals surface area contributed by atoms with Crippen molar-refractivity contribution in [2.75, 3.05) is 6.54 Å². The van der Waals surface area contributed by atoms with Crippen molar-refractivity contribution in [3.8, 4) is 11.8 Å². The minimum absolute atomic E-state index is 0.149. The molecule has 1 unspecified atom stereocenters. The van der Waals surface area contributed by atoms with Crippen molar-refractivity contribution in [1.82, 2.24) is 20.5 Å². The Morgan fingerprint density at radius 1 is 1.57 bits per heavy atom. The largest absolute Gasteiger partial charge is 0.342 e. The van der Waals surface area contributed by atoms with Crippen LogP contribution in [0, 0.1) is 17.7 Å². The highest BCUT2D eigenvalue weighted by Crippen LogP contribution is 2.11. The molecule has 108 valence electrons. The molecule has 0 aliphatic heterocycles. The first kappa shape index (κ1) is 14.7. The van der Waals surface area contributed by atoms with E-state index in [1.165, 1.54) is 18.5 Å². The molecule has 1 amide bonds. The standard InChI is InChI=1S/C14H14FN5O/c1-9(13-17-8-18-20-13)19-14(21)11-5-4-10(3-2-6-16)12(15)7-11/h4-5,7-9H,6,16H2,1H3,(H,19,21)(H,17,18,20). The predicted molar refractivity (Wildman–Crippen MR) is 74.6 cm³/mol. The zero-order chi connectivity index (χ0) is 15.2. The van der Waals surface area contributed by atoms with Crippen LogP contribution < -0.4 is 11.1 Å². The van der Waals surface area contributed by atoms with Crippen molar-refractivity contribution < 1.29 is 9.18 Å². The molecule has 1 heterocycles. The lowest BCUT2D eigenvalue weighted by Crippen LogP contribution is -2.27. The van der Waals surface area contributed by atoms with Crippen LogP contribution in [0.1, 0.15) is 34.7 Å². The summed E-state index contributed by atoms with van der Waals surface area (Å²) in [6, 6.07) is 3.74. The van der Waals surface area contributed by atoms with E-state index in [1.54, 1.807) is 6.92 Å². The molecular weight excluding hydrogens is 273 g/mol. The molecule has 0 saturated carbocycles. The van der Waals surface area contributed by atoms with Crippen LogP contribution in [-0.2, 0) is 0 Å². The number of carbonyl (C=O) groups is 1. The van der Waals surface area contributed by atoms with Gasteiger partial charge in [0.25, 0.3) is 5.91 Å². The topological polar surface area (TPSA) is 96.7 Å². The van der Waals surface area contributed by atoms with Crippen LogP contribution in [0.2, 0.25) is 0 Å². The molecule has 2 rings (SSSR count). The number of halogens is 1. The molecule has 4 N–H and O–H groups in total. The van der Waals surface area contributed by atoms with Gasteiger partial charge in [0.05, 0.1) is 18.2 Å². The molecule has 21 heavy (non-hydrogen) atoms. The molecule has 0 aliphatic rings. The number of hydrogen-bond donors (Lipinski definition) is 3. The van der Waals surface area contributed by atoms with Gasteiger partial charge in [-0.3, -0.25) is 9.89 Å². The van der Waals surface area contributed by atoms with Gasteiger partial charge in [0.15, 0.2) is 0 Å². The van der Waals surface area contributed by atoms with Gasteiger partial charge in [-0.25, -0.2) is 9.37 Å². The number of benzene rings is 1. The minimum atomic E-state index is -0.559. The third-order valence-corrected chi connectivity index (χ3v) is 2.75. The van der Waals surface area contributed by atoms with Gasteiger partial charge in [0.2, 0.25) is 0 Å². The zero-order valence-corrected chi connectivity index (χ0v) is 11.4. The number of nitrogens with two attached hydrogens (primary N) is 1. The summed E-state index contributed by atoms with van der Waals surface area (Å²) in [7, 11) is 0. The monoisotopic (exact) mass is 287 g/mol. The van der Waals surface area contributed by atoms with Gasteiger partial charge in [0.1, 0.15) is 18.0 Å². The van der Waals surface area contributed by atoms with E-state index < -0.39 is 11.7 Å². The average molecular weight is 287 g/mol. The lowest BCUT2D eigenvalue weighted by atomic mass is 10.1. The van der Waals surface area contributed by atoms with Gasteiger partial charge in [-0.2, -0.15) is 5.10 Å². The maximum atomic E-state index is 13.8. The summed E-state index contributed by atoms with van der Waals surface area (Å²) in [5.41, 5.74) is 5.65. The summed E-state index contributed by atoms with van der Waals surface area (Å²) in [6.07, 6.45) is 1.35. The molecule has 0 aliphatic carbocycles. The van der Waals surface area contributed by atoms with Crippen LogP contribution in [-0.4, -0.2) is 27.6 Å². The number of amides is 1. The lowest BCUT2D eigenvalue weighted by Gasteiger charge is -2.11. The molecule has 0 saturated heterocycles. The third-order valence-electron chi connectivity index (χ3n) is 2.75. The molecule has 0 fully saturated rings. The fraction of sp³-hybridized carbons (Fsp3) is 0.214. The molecule has 7 heteroatoms. The van der Waals surface area contributed by atoms with E-state index in [2.05, 4.69) is 32.3 Å². The van der Waals surface area contributed by atoms with Gasteiger partial charge in [0, 0.05) is 5.56 Å².